The molecule has 0 bridgehead atoms. The van der Waals surface area contributed by atoms with Crippen LogP contribution in [0.5, 0.6) is 0 Å². The Morgan fingerprint density at radius 1 is 1.38 bits per heavy atom. The fourth-order valence-corrected chi connectivity index (χ4v) is 2.09. The standard InChI is InChI=1S/C11H11ClF3N/c12-9-2-1-7(5-10(9)13)8-3-4-16-6-11(8,14)15/h1-2,5,8,16H,3-4,6H2. The number of hydrogen-bond acceptors (Lipinski definition) is 1. The van der Waals surface area contributed by atoms with Crippen molar-refractivity contribution >= 4 is 11.6 Å². The summed E-state index contributed by atoms with van der Waals surface area (Å²) in [5.41, 5.74) is 0.313. The summed E-state index contributed by atoms with van der Waals surface area (Å²) in [6, 6.07) is 3.89. The van der Waals surface area contributed by atoms with Gasteiger partial charge in [0.15, 0.2) is 0 Å². The highest BCUT2D eigenvalue weighted by Gasteiger charge is 2.42. The lowest BCUT2D eigenvalue weighted by Gasteiger charge is -2.32. The van der Waals surface area contributed by atoms with Crippen molar-refractivity contribution in [1.29, 1.82) is 0 Å². The lowest BCUT2D eigenvalue weighted by atomic mass is 9.87. The number of halogens is 4. The minimum atomic E-state index is -2.83. The smallest absolute Gasteiger partial charge is 0.267 e. The van der Waals surface area contributed by atoms with Gasteiger partial charge in [-0.05, 0) is 30.7 Å². The molecule has 0 aliphatic carbocycles. The molecule has 1 atom stereocenters. The van der Waals surface area contributed by atoms with Crippen molar-refractivity contribution in [3.05, 3.63) is 34.6 Å². The average Bonchev–Trinajstić information content (AvgIpc) is 2.22. The lowest BCUT2D eigenvalue weighted by Crippen LogP contribution is -2.44. The Bertz CT molecular complexity index is 395. The first-order valence-corrected chi connectivity index (χ1v) is 5.42. The largest absolute Gasteiger partial charge is 0.311 e. The van der Waals surface area contributed by atoms with Crippen LogP contribution in [0.1, 0.15) is 17.9 Å². The summed E-state index contributed by atoms with van der Waals surface area (Å²) >= 11 is 5.52. The third kappa shape index (κ3) is 2.18. The molecule has 1 saturated heterocycles. The number of hydrogen-bond donors (Lipinski definition) is 1. The van der Waals surface area contributed by atoms with Crippen molar-refractivity contribution in [2.75, 3.05) is 13.1 Å². The molecule has 2 rings (SSSR count). The maximum absolute atomic E-state index is 13.6. The van der Waals surface area contributed by atoms with Crippen molar-refractivity contribution in [3.63, 3.8) is 0 Å². The molecule has 1 aliphatic rings. The van der Waals surface area contributed by atoms with Crippen LogP contribution in [0.25, 0.3) is 0 Å². The highest BCUT2D eigenvalue weighted by Crippen LogP contribution is 2.38. The van der Waals surface area contributed by atoms with Gasteiger partial charge in [0.25, 0.3) is 5.92 Å². The van der Waals surface area contributed by atoms with Crippen molar-refractivity contribution in [3.8, 4) is 0 Å². The molecule has 88 valence electrons. The van der Waals surface area contributed by atoms with Crippen LogP contribution in [0.4, 0.5) is 13.2 Å². The molecule has 0 saturated carbocycles. The lowest BCUT2D eigenvalue weighted by molar-refractivity contribution is -0.0420. The van der Waals surface area contributed by atoms with Crippen LogP contribution < -0.4 is 5.32 Å². The Labute approximate surface area is 96.6 Å². The fourth-order valence-electron chi connectivity index (χ4n) is 1.98. The van der Waals surface area contributed by atoms with Crippen LogP contribution in [0, 0.1) is 5.82 Å². The third-order valence-corrected chi connectivity index (χ3v) is 3.13. The zero-order chi connectivity index (χ0) is 11.8. The predicted molar refractivity (Wildman–Crippen MR) is 56.6 cm³/mol. The molecule has 5 heteroatoms. The van der Waals surface area contributed by atoms with E-state index in [9.17, 15) is 13.2 Å². The number of rotatable bonds is 1. The van der Waals surface area contributed by atoms with E-state index in [4.69, 9.17) is 11.6 Å². The van der Waals surface area contributed by atoms with Gasteiger partial charge < -0.3 is 5.32 Å². The fraction of sp³-hybridized carbons (Fsp3) is 0.455. The van der Waals surface area contributed by atoms with E-state index < -0.39 is 17.7 Å². The van der Waals surface area contributed by atoms with Gasteiger partial charge in [0.05, 0.1) is 17.5 Å². The van der Waals surface area contributed by atoms with Crippen molar-refractivity contribution in [1.82, 2.24) is 5.32 Å². The van der Waals surface area contributed by atoms with Gasteiger partial charge in [0, 0.05) is 0 Å². The first kappa shape index (κ1) is 11.7. The molecule has 1 aromatic rings. The normalized spacial score (nSPS) is 24.4. The molecule has 1 nitrogen and oxygen atoms in total. The van der Waals surface area contributed by atoms with Crippen molar-refractivity contribution < 1.29 is 13.2 Å². The topological polar surface area (TPSA) is 12.0 Å². The minimum Gasteiger partial charge on any atom is -0.311 e. The van der Waals surface area contributed by atoms with E-state index in [1.54, 1.807) is 0 Å². The Kier molecular flexibility index (Phi) is 3.13. The van der Waals surface area contributed by atoms with E-state index in [1.165, 1.54) is 12.1 Å². The molecule has 1 heterocycles. The molecule has 1 aromatic carbocycles. The number of piperidine rings is 1. The summed E-state index contributed by atoms with van der Waals surface area (Å²) in [6.07, 6.45) is 0.300. The molecule has 0 amide bonds. The molecule has 0 aromatic heterocycles. The molecular formula is C11H11ClF3N. The maximum atomic E-state index is 13.6. The molecule has 16 heavy (non-hydrogen) atoms. The van der Waals surface area contributed by atoms with Gasteiger partial charge in [-0.25, -0.2) is 13.2 Å². The molecule has 1 aliphatic heterocycles. The van der Waals surface area contributed by atoms with E-state index in [2.05, 4.69) is 5.32 Å². The third-order valence-electron chi connectivity index (χ3n) is 2.83. The van der Waals surface area contributed by atoms with E-state index in [-0.39, 0.29) is 11.6 Å². The zero-order valence-electron chi connectivity index (χ0n) is 8.44. The second-order valence-corrected chi connectivity index (χ2v) is 4.36. The molecule has 1 unspecified atom stereocenters. The van der Waals surface area contributed by atoms with Gasteiger partial charge in [0.1, 0.15) is 5.82 Å². The second-order valence-electron chi connectivity index (χ2n) is 3.95. The monoisotopic (exact) mass is 249 g/mol. The van der Waals surface area contributed by atoms with E-state index in [1.807, 2.05) is 0 Å². The van der Waals surface area contributed by atoms with Crippen LogP contribution in [0.15, 0.2) is 18.2 Å². The second kappa shape index (κ2) is 4.26. The average molecular weight is 250 g/mol. The first-order valence-electron chi connectivity index (χ1n) is 5.04. The summed E-state index contributed by atoms with van der Waals surface area (Å²) in [5.74, 6) is -4.41. The Hall–Kier alpha value is -0.740. The zero-order valence-corrected chi connectivity index (χ0v) is 9.20. The Morgan fingerprint density at radius 3 is 2.75 bits per heavy atom. The molecule has 1 N–H and O–H groups in total. The van der Waals surface area contributed by atoms with Crippen LogP contribution >= 0.6 is 11.6 Å². The van der Waals surface area contributed by atoms with Crippen molar-refractivity contribution in [2.45, 2.75) is 18.3 Å². The minimum absolute atomic E-state index is 0.0407. The first-order chi connectivity index (χ1) is 7.50. The summed E-state index contributed by atoms with van der Waals surface area (Å²) in [4.78, 5) is 0. The maximum Gasteiger partial charge on any atom is 0.267 e. The van der Waals surface area contributed by atoms with E-state index in [0.717, 1.165) is 6.07 Å². The molecule has 0 spiro atoms. The quantitative estimate of drug-likeness (QED) is 0.806. The SMILES string of the molecule is Fc1cc(C2CCNCC2(F)F)ccc1Cl. The molecule has 1 fully saturated rings. The van der Waals surface area contributed by atoms with Crippen LogP contribution in [-0.2, 0) is 0 Å². The summed E-state index contributed by atoms with van der Waals surface area (Å²) in [6.45, 7) is 0.159. The Morgan fingerprint density at radius 2 is 2.12 bits per heavy atom. The van der Waals surface area contributed by atoms with Crippen LogP contribution in [0.2, 0.25) is 5.02 Å². The van der Waals surface area contributed by atoms with Crippen LogP contribution in [-0.4, -0.2) is 19.0 Å². The predicted octanol–water partition coefficient (Wildman–Crippen LogP) is 3.19. The van der Waals surface area contributed by atoms with E-state index >= 15 is 0 Å². The van der Waals surface area contributed by atoms with Crippen LogP contribution in [0.3, 0.4) is 0 Å². The summed E-state index contributed by atoms with van der Waals surface area (Å²) in [5, 5.41) is 2.59. The molecule has 0 radical (unpaired) electrons. The number of nitrogens with one attached hydrogen (secondary N) is 1. The van der Waals surface area contributed by atoms with Crippen molar-refractivity contribution in [2.24, 2.45) is 0 Å². The van der Waals surface area contributed by atoms with Gasteiger partial charge in [-0.2, -0.15) is 0 Å². The summed E-state index contributed by atoms with van der Waals surface area (Å²) < 4.78 is 40.3. The number of benzene rings is 1. The Balaban J connectivity index is 2.31. The highest BCUT2D eigenvalue weighted by atomic mass is 35.5. The molecular weight excluding hydrogens is 239 g/mol. The number of alkyl halides is 2. The van der Waals surface area contributed by atoms with E-state index in [0.29, 0.717) is 18.5 Å². The van der Waals surface area contributed by atoms with Gasteiger partial charge in [-0.1, -0.05) is 17.7 Å². The summed E-state index contributed by atoms with van der Waals surface area (Å²) in [7, 11) is 0. The van der Waals surface area contributed by atoms with Gasteiger partial charge in [-0.3, -0.25) is 0 Å². The van der Waals surface area contributed by atoms with Gasteiger partial charge >= 0.3 is 0 Å². The highest BCUT2D eigenvalue weighted by molar-refractivity contribution is 6.30. The van der Waals surface area contributed by atoms with Gasteiger partial charge in [0.2, 0.25) is 0 Å². The van der Waals surface area contributed by atoms with Gasteiger partial charge in [-0.15, -0.1) is 0 Å².